The van der Waals surface area contributed by atoms with Gasteiger partial charge in [-0.25, -0.2) is 0 Å². The van der Waals surface area contributed by atoms with E-state index in [4.69, 9.17) is 34.8 Å². The first-order chi connectivity index (χ1) is 20.0. The van der Waals surface area contributed by atoms with Crippen LogP contribution in [0.25, 0.3) is 0 Å². The summed E-state index contributed by atoms with van der Waals surface area (Å²) in [7, 11) is 0. The molecule has 2 aromatic rings. The van der Waals surface area contributed by atoms with Gasteiger partial charge in [-0.2, -0.15) is 18.3 Å². The normalized spacial score (nSPS) is 30.7. The minimum Gasteiger partial charge on any atom is -0.481 e. The van der Waals surface area contributed by atoms with Crippen molar-refractivity contribution >= 4 is 52.5 Å². The van der Waals surface area contributed by atoms with E-state index in [1.54, 1.807) is 0 Å². The van der Waals surface area contributed by atoms with E-state index in [1.165, 1.54) is 17.0 Å². The predicted octanol–water partition coefficient (Wildman–Crippen LogP) is 7.76. The first-order valence-corrected chi connectivity index (χ1v) is 15.5. The number of aliphatic carboxylic acids is 1. The first kappa shape index (κ1) is 30.7. The molecule has 1 aromatic heterocycles. The smallest absolute Gasteiger partial charge is 0.433 e. The minimum absolute atomic E-state index is 0.0137. The van der Waals surface area contributed by atoms with E-state index in [-0.39, 0.29) is 64.6 Å². The van der Waals surface area contributed by atoms with Crippen LogP contribution in [0.1, 0.15) is 91.6 Å². The van der Waals surface area contributed by atoms with Crippen LogP contribution < -0.4 is 0 Å². The van der Waals surface area contributed by atoms with Crippen LogP contribution >= 0.6 is 34.8 Å². The molecule has 5 fully saturated rings. The first-order valence-electron chi connectivity index (χ1n) is 14.4. The molecule has 7 rings (SSSR count). The molecule has 7 nitrogen and oxygen atoms in total. The number of hydrogen-bond acceptors (Lipinski definition) is 4. The zero-order valence-corrected chi connectivity index (χ0v) is 25.9. The molecule has 0 spiro atoms. The summed E-state index contributed by atoms with van der Waals surface area (Å²) in [6, 6.07) is 2.24. The van der Waals surface area contributed by atoms with Crippen molar-refractivity contribution < 1.29 is 32.7 Å². The Hall–Kier alpha value is -2.30. The highest BCUT2D eigenvalue weighted by Crippen LogP contribution is 2.67. The van der Waals surface area contributed by atoms with E-state index in [0.717, 1.165) is 10.9 Å². The highest BCUT2D eigenvalue weighted by atomic mass is 35.5. The molecule has 1 aromatic carbocycles. The number of rotatable bonds is 7. The van der Waals surface area contributed by atoms with Gasteiger partial charge in [0.05, 0.1) is 44.9 Å². The number of alkyl halides is 3. The number of hydrogen-bond donors (Lipinski definition) is 1. The fraction of sp³-hybridized carbons (Fsp3) is 0.600. The van der Waals surface area contributed by atoms with Gasteiger partial charge in [-0.15, -0.1) is 0 Å². The Morgan fingerprint density at radius 3 is 2.02 bits per heavy atom. The Morgan fingerprint density at radius 1 is 1.00 bits per heavy atom. The highest BCUT2D eigenvalue weighted by Gasteiger charge is 2.63. The van der Waals surface area contributed by atoms with Gasteiger partial charge < -0.3 is 10.0 Å². The number of fused-ring (bicyclic) bond motifs is 4. The number of halogens is 6. The van der Waals surface area contributed by atoms with Crippen LogP contribution in [0.2, 0.25) is 15.1 Å². The second kappa shape index (κ2) is 10.1. The average Bonchev–Trinajstić information content (AvgIpc) is 3.36. The molecule has 0 aliphatic heterocycles. The van der Waals surface area contributed by atoms with E-state index < -0.39 is 58.6 Å². The lowest BCUT2D eigenvalue weighted by molar-refractivity contribution is -0.163. The number of carboxylic acid groups (broad SMARTS) is 1. The lowest BCUT2D eigenvalue weighted by Crippen LogP contribution is -2.52. The average molecular weight is 661 g/mol. The summed E-state index contributed by atoms with van der Waals surface area (Å²) in [5.41, 5.74) is -3.72. The summed E-state index contributed by atoms with van der Waals surface area (Å²) in [5.74, 6) is -1.86. The van der Waals surface area contributed by atoms with Gasteiger partial charge in [0.15, 0.2) is 11.5 Å². The molecule has 3 atom stereocenters. The van der Waals surface area contributed by atoms with Gasteiger partial charge in [0.2, 0.25) is 0 Å². The maximum Gasteiger partial charge on any atom is 0.433 e. The summed E-state index contributed by atoms with van der Waals surface area (Å²) < 4.78 is 45.4. The highest BCUT2D eigenvalue weighted by molar-refractivity contribution is 6.42. The second-order valence-electron chi connectivity index (χ2n) is 13.4. The van der Waals surface area contributed by atoms with Crippen molar-refractivity contribution in [1.29, 1.82) is 0 Å². The van der Waals surface area contributed by atoms with Gasteiger partial charge in [-0.05, 0) is 80.8 Å². The number of carboxylic acids is 1. The van der Waals surface area contributed by atoms with Crippen molar-refractivity contribution in [1.82, 2.24) is 14.7 Å². The molecule has 0 unspecified atom stereocenters. The largest absolute Gasteiger partial charge is 0.481 e. The van der Waals surface area contributed by atoms with Gasteiger partial charge in [0.25, 0.3) is 5.91 Å². The van der Waals surface area contributed by atoms with E-state index in [1.807, 2.05) is 0 Å². The lowest BCUT2D eigenvalue weighted by atomic mass is 9.57. The van der Waals surface area contributed by atoms with E-state index in [0.29, 0.717) is 24.7 Å². The minimum atomic E-state index is -4.92. The molecule has 1 heterocycles. The summed E-state index contributed by atoms with van der Waals surface area (Å²) >= 11 is 18.6. The van der Waals surface area contributed by atoms with Crippen molar-refractivity contribution in [2.75, 3.05) is 6.54 Å². The van der Waals surface area contributed by atoms with Crippen LogP contribution in [0.4, 0.5) is 13.2 Å². The third kappa shape index (κ3) is 4.86. The number of Topliss-reactive ketones (excluding diaryl/α,β-unsaturated/α-hetero) is 1. The molecule has 5 aliphatic carbocycles. The fourth-order valence-electron chi connectivity index (χ4n) is 8.24. The number of ketones is 1. The number of carbonyl (C=O) groups excluding carboxylic acids is 2. The Balaban J connectivity index is 1.36. The zero-order chi connectivity index (χ0) is 31.3. The molecule has 232 valence electrons. The number of aromatic nitrogens is 2. The van der Waals surface area contributed by atoms with Crippen molar-refractivity contribution in [2.45, 2.75) is 83.0 Å². The third-order valence-electron chi connectivity index (χ3n) is 11.0. The van der Waals surface area contributed by atoms with Crippen LogP contribution in [0, 0.1) is 22.7 Å². The molecular weight excluding hydrogens is 630 g/mol. The molecule has 5 aliphatic rings. The van der Waals surface area contributed by atoms with Crippen molar-refractivity contribution in [3.05, 3.63) is 50.2 Å². The molecule has 43 heavy (non-hydrogen) atoms. The molecule has 1 amide bonds. The Kier molecular flexibility index (Phi) is 7.22. The zero-order valence-electron chi connectivity index (χ0n) is 23.6. The monoisotopic (exact) mass is 659 g/mol. The quantitative estimate of drug-likeness (QED) is 0.307. The van der Waals surface area contributed by atoms with Crippen LogP contribution in [0.3, 0.4) is 0 Å². The number of carbonyl (C=O) groups is 3. The second-order valence-corrected chi connectivity index (χ2v) is 14.6. The number of nitrogens with zero attached hydrogens (tertiary/aromatic N) is 3. The van der Waals surface area contributed by atoms with Crippen LogP contribution in [0.15, 0.2) is 18.3 Å². The molecule has 0 saturated heterocycles. The van der Waals surface area contributed by atoms with Crippen LogP contribution in [-0.4, -0.2) is 50.0 Å². The predicted molar refractivity (Wildman–Crippen MR) is 154 cm³/mol. The van der Waals surface area contributed by atoms with Crippen molar-refractivity contribution in [3.8, 4) is 0 Å². The number of amides is 1. The number of benzene rings is 1. The SMILES string of the molecule is CC1(C)[C@@H]2C[C@H](N(CC(=O)c3c(Cl)cc(Cl)cc3Cl)C(=O)c3cnn(C45CCC(C(=O)O)(CC4)CC5)c3C(F)(F)F)C[C@@H]21. The molecular formula is C30H31Cl3F3N3O4. The summed E-state index contributed by atoms with van der Waals surface area (Å²) in [6.45, 7) is 3.74. The van der Waals surface area contributed by atoms with Crippen molar-refractivity contribution in [2.24, 2.45) is 22.7 Å². The Morgan fingerprint density at radius 2 is 1.53 bits per heavy atom. The topological polar surface area (TPSA) is 92.5 Å². The van der Waals surface area contributed by atoms with Crippen LogP contribution in [0.5, 0.6) is 0 Å². The van der Waals surface area contributed by atoms with E-state index >= 15 is 0 Å². The van der Waals surface area contributed by atoms with Gasteiger partial charge in [-0.3, -0.25) is 19.1 Å². The molecule has 13 heteroatoms. The molecule has 2 bridgehead atoms. The van der Waals surface area contributed by atoms with Gasteiger partial charge in [-0.1, -0.05) is 48.7 Å². The van der Waals surface area contributed by atoms with Gasteiger partial charge in [0, 0.05) is 11.1 Å². The van der Waals surface area contributed by atoms with Gasteiger partial charge >= 0.3 is 12.1 Å². The van der Waals surface area contributed by atoms with E-state index in [2.05, 4.69) is 18.9 Å². The molecule has 5 saturated carbocycles. The third-order valence-corrected chi connectivity index (χ3v) is 11.8. The summed E-state index contributed by atoms with van der Waals surface area (Å²) in [5, 5.41) is 14.1. The fourth-order valence-corrected chi connectivity index (χ4v) is 9.26. The molecule has 1 N–H and O–H groups in total. The summed E-state index contributed by atoms with van der Waals surface area (Å²) in [6.07, 6.45) is -1.46. The maximum absolute atomic E-state index is 14.8. The van der Waals surface area contributed by atoms with Gasteiger partial charge in [0.1, 0.15) is 0 Å². The standard InChI is InChI=1S/C30H31Cl3F3N3O4/c1-27(2)18-11-16(12-19(18)27)38(14-22(40)23-20(32)9-15(31)10-21(23)33)25(41)17-13-37-39(24(17)30(34,35)36)29-6-3-28(4-7-29,5-8-29)26(42)43/h9-10,13,16,18-19H,3-8,11-12,14H2,1-2H3,(H,42,43)/t16-,18+,19-,28?,29?. The Labute approximate surface area is 261 Å². The maximum atomic E-state index is 14.8. The van der Waals surface area contributed by atoms with Crippen LogP contribution in [-0.2, 0) is 16.5 Å². The van der Waals surface area contributed by atoms with Crippen molar-refractivity contribution in [3.63, 3.8) is 0 Å². The Bertz CT molecular complexity index is 1480. The molecule has 0 radical (unpaired) electrons. The lowest BCUT2D eigenvalue weighted by Gasteiger charge is -2.51. The summed E-state index contributed by atoms with van der Waals surface area (Å²) in [4.78, 5) is 40.9. The van der Waals surface area contributed by atoms with E-state index in [9.17, 15) is 32.7 Å².